The lowest BCUT2D eigenvalue weighted by molar-refractivity contribution is -0.140. The average molecular weight is 325 g/mol. The third kappa shape index (κ3) is 7.48. The van der Waals surface area contributed by atoms with Crippen LogP contribution in [-0.2, 0) is 14.4 Å². The number of rotatable bonds is 6. The van der Waals surface area contributed by atoms with Crippen LogP contribution in [0.1, 0.15) is 60.3 Å². The number of amides is 3. The van der Waals surface area contributed by atoms with Crippen LogP contribution in [0.25, 0.3) is 0 Å². The maximum absolute atomic E-state index is 12.0. The predicted octanol–water partition coefficient (Wildman–Crippen LogP) is 1.45. The molecular weight excluding hydrogens is 294 g/mol. The maximum Gasteiger partial charge on any atom is 0.309 e. The zero-order chi connectivity index (χ0) is 17.7. The van der Waals surface area contributed by atoms with E-state index in [4.69, 9.17) is 0 Å². The summed E-state index contributed by atoms with van der Waals surface area (Å²) in [5, 5.41) is 5.40. The molecule has 0 aromatic heterocycles. The van der Waals surface area contributed by atoms with Gasteiger partial charge >= 0.3 is 11.8 Å². The molecule has 2 N–H and O–H groups in total. The molecule has 6 heteroatoms. The molecule has 3 amide bonds. The molecule has 1 heterocycles. The van der Waals surface area contributed by atoms with Crippen molar-refractivity contribution in [3.8, 4) is 0 Å². The molecule has 132 valence electrons. The molecule has 1 fully saturated rings. The summed E-state index contributed by atoms with van der Waals surface area (Å²) in [5.41, 5.74) is -0.371. The minimum atomic E-state index is -0.611. The molecule has 1 saturated heterocycles. The highest BCUT2D eigenvalue weighted by Crippen LogP contribution is 2.26. The minimum absolute atomic E-state index is 0.0650. The molecule has 1 rings (SSSR count). The van der Waals surface area contributed by atoms with Gasteiger partial charge in [-0.1, -0.05) is 20.8 Å². The zero-order valence-electron chi connectivity index (χ0n) is 15.1. The Bertz CT molecular complexity index is 452. The monoisotopic (exact) mass is 325 g/mol. The van der Waals surface area contributed by atoms with Crippen LogP contribution in [-0.4, -0.2) is 47.8 Å². The first-order valence-electron chi connectivity index (χ1n) is 8.38. The van der Waals surface area contributed by atoms with Crippen molar-refractivity contribution in [1.29, 1.82) is 0 Å². The van der Waals surface area contributed by atoms with E-state index in [1.807, 2.05) is 13.8 Å². The molecule has 23 heavy (non-hydrogen) atoms. The van der Waals surface area contributed by atoms with Gasteiger partial charge in [0.1, 0.15) is 0 Å². The largest absolute Gasteiger partial charge is 0.348 e. The van der Waals surface area contributed by atoms with E-state index in [-0.39, 0.29) is 11.3 Å². The van der Waals surface area contributed by atoms with E-state index in [0.717, 1.165) is 19.4 Å². The molecule has 0 bridgehead atoms. The van der Waals surface area contributed by atoms with Crippen LogP contribution < -0.4 is 10.6 Å². The van der Waals surface area contributed by atoms with E-state index in [9.17, 15) is 14.4 Å². The van der Waals surface area contributed by atoms with Crippen LogP contribution in [0.15, 0.2) is 0 Å². The molecule has 6 nitrogen and oxygen atoms in total. The maximum atomic E-state index is 12.0. The van der Waals surface area contributed by atoms with Gasteiger partial charge in [-0.3, -0.25) is 14.4 Å². The van der Waals surface area contributed by atoms with Crippen molar-refractivity contribution >= 4 is 17.7 Å². The summed E-state index contributed by atoms with van der Waals surface area (Å²) < 4.78 is 0. The molecule has 1 aliphatic heterocycles. The third-order valence-electron chi connectivity index (χ3n) is 3.69. The second-order valence-electron chi connectivity index (χ2n) is 8.17. The van der Waals surface area contributed by atoms with Gasteiger partial charge in [0.15, 0.2) is 0 Å². The van der Waals surface area contributed by atoms with Gasteiger partial charge in [-0.05, 0) is 38.5 Å². The highest BCUT2D eigenvalue weighted by atomic mass is 16.2. The van der Waals surface area contributed by atoms with Gasteiger partial charge in [-0.15, -0.1) is 0 Å². The first-order valence-corrected chi connectivity index (χ1v) is 8.38. The molecule has 0 saturated carbocycles. The Morgan fingerprint density at radius 1 is 1.13 bits per heavy atom. The number of likely N-dealkylation sites (tertiary alicyclic amines) is 1. The van der Waals surface area contributed by atoms with E-state index < -0.39 is 17.4 Å². The number of nitrogens with zero attached hydrogens (tertiary/aromatic N) is 1. The smallest absolute Gasteiger partial charge is 0.309 e. The third-order valence-corrected chi connectivity index (χ3v) is 3.69. The SMILES string of the molecule is CC(C)(C)CC(C)(C)NC(=O)C(=O)NCCCN1CCCC1=O. The van der Waals surface area contributed by atoms with Crippen LogP contribution in [0, 0.1) is 5.41 Å². The number of nitrogens with one attached hydrogen (secondary N) is 2. The minimum Gasteiger partial charge on any atom is -0.348 e. The van der Waals surface area contributed by atoms with Gasteiger partial charge in [-0.2, -0.15) is 0 Å². The molecule has 0 aromatic carbocycles. The van der Waals surface area contributed by atoms with E-state index in [2.05, 4.69) is 31.4 Å². The Balaban J connectivity index is 2.28. The predicted molar refractivity (Wildman–Crippen MR) is 89.7 cm³/mol. The summed E-state index contributed by atoms with van der Waals surface area (Å²) in [6.07, 6.45) is 2.97. The lowest BCUT2D eigenvalue weighted by Crippen LogP contribution is -2.51. The van der Waals surface area contributed by atoms with Crippen LogP contribution in [0.2, 0.25) is 0 Å². The van der Waals surface area contributed by atoms with Crippen molar-refractivity contribution < 1.29 is 14.4 Å². The number of hydrogen-bond acceptors (Lipinski definition) is 3. The molecule has 0 radical (unpaired) electrons. The fourth-order valence-corrected chi connectivity index (χ4v) is 3.23. The molecule has 0 atom stereocenters. The second kappa shape index (κ2) is 7.79. The quantitative estimate of drug-likeness (QED) is 0.573. The first kappa shape index (κ1) is 19.5. The molecule has 0 aliphatic carbocycles. The Morgan fingerprint density at radius 3 is 2.30 bits per heavy atom. The van der Waals surface area contributed by atoms with Crippen molar-refractivity contribution in [2.75, 3.05) is 19.6 Å². The van der Waals surface area contributed by atoms with Crippen molar-refractivity contribution in [3.05, 3.63) is 0 Å². The highest BCUT2D eigenvalue weighted by molar-refractivity contribution is 6.35. The van der Waals surface area contributed by atoms with Crippen LogP contribution in [0.5, 0.6) is 0 Å². The van der Waals surface area contributed by atoms with Gasteiger partial charge in [-0.25, -0.2) is 0 Å². The molecule has 0 spiro atoms. The van der Waals surface area contributed by atoms with Crippen molar-refractivity contribution in [2.45, 2.75) is 65.8 Å². The molecule has 0 unspecified atom stereocenters. The van der Waals surface area contributed by atoms with Gasteiger partial charge in [0, 0.05) is 31.6 Å². The van der Waals surface area contributed by atoms with Crippen LogP contribution in [0.3, 0.4) is 0 Å². The van der Waals surface area contributed by atoms with E-state index in [1.165, 1.54) is 0 Å². The van der Waals surface area contributed by atoms with E-state index >= 15 is 0 Å². The first-order chi connectivity index (χ1) is 10.5. The summed E-state index contributed by atoms with van der Waals surface area (Å²) >= 11 is 0. The second-order valence-corrected chi connectivity index (χ2v) is 8.17. The summed E-state index contributed by atoms with van der Waals surface area (Å²) in [7, 11) is 0. The van der Waals surface area contributed by atoms with Crippen molar-refractivity contribution in [2.24, 2.45) is 5.41 Å². The number of carbonyl (C=O) groups is 3. The summed E-state index contributed by atoms with van der Waals surface area (Å²) in [6, 6.07) is 0. The van der Waals surface area contributed by atoms with Gasteiger partial charge in [0.2, 0.25) is 5.91 Å². The summed E-state index contributed by atoms with van der Waals surface area (Å²) in [6.45, 7) is 12.0. The fourth-order valence-electron chi connectivity index (χ4n) is 3.23. The van der Waals surface area contributed by atoms with Crippen molar-refractivity contribution in [3.63, 3.8) is 0 Å². The zero-order valence-corrected chi connectivity index (χ0v) is 15.1. The molecule has 1 aliphatic rings. The van der Waals surface area contributed by atoms with Gasteiger partial charge in [0.05, 0.1) is 0 Å². The van der Waals surface area contributed by atoms with Gasteiger partial charge in [0.25, 0.3) is 0 Å². The highest BCUT2D eigenvalue weighted by Gasteiger charge is 2.29. The lowest BCUT2D eigenvalue weighted by atomic mass is 9.82. The van der Waals surface area contributed by atoms with E-state index in [0.29, 0.717) is 25.9 Å². The Hall–Kier alpha value is -1.59. The standard InChI is InChI=1S/C17H31N3O3/c1-16(2,3)12-17(4,5)19-15(23)14(22)18-9-7-11-20-10-6-8-13(20)21/h6-12H2,1-5H3,(H,18,22)(H,19,23). The fraction of sp³-hybridized carbons (Fsp3) is 0.824. The number of hydrogen-bond donors (Lipinski definition) is 2. The lowest BCUT2D eigenvalue weighted by Gasteiger charge is -2.33. The Kier molecular flexibility index (Phi) is 6.59. The Labute approximate surface area is 139 Å². The Morgan fingerprint density at radius 2 is 1.78 bits per heavy atom. The molecular formula is C17H31N3O3. The van der Waals surface area contributed by atoms with Crippen LogP contribution in [0.4, 0.5) is 0 Å². The average Bonchev–Trinajstić information content (AvgIpc) is 2.76. The van der Waals surface area contributed by atoms with Crippen LogP contribution >= 0.6 is 0 Å². The number of carbonyl (C=O) groups excluding carboxylic acids is 3. The summed E-state index contributed by atoms with van der Waals surface area (Å²) in [4.78, 5) is 37.1. The molecule has 0 aromatic rings. The normalized spacial score (nSPS) is 15.7. The van der Waals surface area contributed by atoms with E-state index in [1.54, 1.807) is 4.90 Å². The summed E-state index contributed by atoms with van der Waals surface area (Å²) in [5.74, 6) is -1.03. The van der Waals surface area contributed by atoms with Gasteiger partial charge < -0.3 is 15.5 Å². The topological polar surface area (TPSA) is 78.5 Å². The van der Waals surface area contributed by atoms with Crippen molar-refractivity contribution in [1.82, 2.24) is 15.5 Å².